The minimum absolute atomic E-state index is 0.582. The van der Waals surface area contributed by atoms with E-state index in [1.54, 1.807) is 0 Å². The van der Waals surface area contributed by atoms with Crippen LogP contribution < -0.4 is 5.32 Å². The summed E-state index contributed by atoms with van der Waals surface area (Å²) >= 11 is 0. The number of ether oxygens (including phenoxy) is 1. The number of rotatable bonds is 5. The third-order valence-electron chi connectivity index (χ3n) is 4.24. The molecule has 2 aliphatic rings. The van der Waals surface area contributed by atoms with Crippen LogP contribution in [-0.2, 0) is 4.74 Å². The second-order valence-corrected chi connectivity index (χ2v) is 6.00. The Morgan fingerprint density at radius 3 is 2.76 bits per heavy atom. The fourth-order valence-corrected chi connectivity index (χ4v) is 3.28. The van der Waals surface area contributed by atoms with Crippen molar-refractivity contribution < 1.29 is 4.74 Å². The van der Waals surface area contributed by atoms with Gasteiger partial charge < -0.3 is 10.1 Å². The molecule has 0 aromatic rings. The van der Waals surface area contributed by atoms with Crippen LogP contribution in [0.15, 0.2) is 0 Å². The fraction of sp³-hybridized carbons (Fsp3) is 1.00. The van der Waals surface area contributed by atoms with E-state index in [1.807, 2.05) is 0 Å². The summed E-state index contributed by atoms with van der Waals surface area (Å²) in [6.45, 7) is 12.4. The molecular formula is C14H28N2O. The van der Waals surface area contributed by atoms with Gasteiger partial charge in [-0.15, -0.1) is 0 Å². The first-order valence-corrected chi connectivity index (χ1v) is 7.25. The summed E-state index contributed by atoms with van der Waals surface area (Å²) in [6.07, 6.45) is 2.57. The van der Waals surface area contributed by atoms with Gasteiger partial charge >= 0.3 is 0 Å². The van der Waals surface area contributed by atoms with Gasteiger partial charge in [-0.25, -0.2) is 0 Å². The molecule has 0 saturated carbocycles. The van der Waals surface area contributed by atoms with Crippen molar-refractivity contribution in [1.29, 1.82) is 0 Å². The second-order valence-electron chi connectivity index (χ2n) is 6.00. The van der Waals surface area contributed by atoms with E-state index in [-0.39, 0.29) is 0 Å². The predicted molar refractivity (Wildman–Crippen MR) is 71.2 cm³/mol. The highest BCUT2D eigenvalue weighted by molar-refractivity contribution is 4.88. The van der Waals surface area contributed by atoms with Gasteiger partial charge in [-0.3, -0.25) is 4.90 Å². The highest BCUT2D eigenvalue weighted by Crippen LogP contribution is 2.25. The van der Waals surface area contributed by atoms with Crippen molar-refractivity contribution in [3.05, 3.63) is 0 Å². The maximum atomic E-state index is 5.65. The third-order valence-corrected chi connectivity index (χ3v) is 4.24. The van der Waals surface area contributed by atoms with Gasteiger partial charge in [0, 0.05) is 31.1 Å². The highest BCUT2D eigenvalue weighted by atomic mass is 16.5. The lowest BCUT2D eigenvalue weighted by molar-refractivity contribution is 0.164. The van der Waals surface area contributed by atoms with Crippen LogP contribution in [0.2, 0.25) is 0 Å². The Balaban J connectivity index is 1.81. The van der Waals surface area contributed by atoms with Crippen LogP contribution in [0.1, 0.15) is 33.6 Å². The van der Waals surface area contributed by atoms with Crippen molar-refractivity contribution in [3.8, 4) is 0 Å². The van der Waals surface area contributed by atoms with E-state index in [4.69, 9.17) is 4.74 Å². The number of hydrogen-bond acceptors (Lipinski definition) is 3. The number of nitrogens with one attached hydrogen (secondary N) is 1. The molecule has 0 aliphatic carbocycles. The topological polar surface area (TPSA) is 24.5 Å². The highest BCUT2D eigenvalue weighted by Gasteiger charge is 2.33. The van der Waals surface area contributed by atoms with Crippen LogP contribution >= 0.6 is 0 Å². The summed E-state index contributed by atoms with van der Waals surface area (Å²) < 4.78 is 5.65. The molecular weight excluding hydrogens is 212 g/mol. The van der Waals surface area contributed by atoms with E-state index in [0.717, 1.165) is 31.7 Å². The van der Waals surface area contributed by atoms with Crippen LogP contribution in [-0.4, -0.2) is 49.8 Å². The van der Waals surface area contributed by atoms with Crippen LogP contribution in [0.4, 0.5) is 0 Å². The molecule has 0 aromatic heterocycles. The maximum absolute atomic E-state index is 5.65. The van der Waals surface area contributed by atoms with E-state index in [0.29, 0.717) is 12.0 Å². The molecule has 100 valence electrons. The number of likely N-dealkylation sites (tertiary alicyclic amines) is 1. The van der Waals surface area contributed by atoms with Crippen LogP contribution in [0.25, 0.3) is 0 Å². The summed E-state index contributed by atoms with van der Waals surface area (Å²) in [7, 11) is 0. The van der Waals surface area contributed by atoms with Gasteiger partial charge in [0.2, 0.25) is 0 Å². The van der Waals surface area contributed by atoms with E-state index < -0.39 is 0 Å². The first kappa shape index (κ1) is 13.3. The second kappa shape index (κ2) is 6.17. The molecule has 2 saturated heterocycles. The van der Waals surface area contributed by atoms with Gasteiger partial charge in [0.25, 0.3) is 0 Å². The first-order valence-electron chi connectivity index (χ1n) is 7.25. The molecule has 2 fully saturated rings. The van der Waals surface area contributed by atoms with Gasteiger partial charge in [-0.1, -0.05) is 13.8 Å². The Bertz CT molecular complexity index is 234. The van der Waals surface area contributed by atoms with Crippen LogP contribution in [0.5, 0.6) is 0 Å². The summed E-state index contributed by atoms with van der Waals surface area (Å²) in [5.41, 5.74) is 0. The summed E-state index contributed by atoms with van der Waals surface area (Å²) in [5.74, 6) is 1.56. The molecule has 2 rings (SSSR count). The van der Waals surface area contributed by atoms with Crippen molar-refractivity contribution >= 4 is 0 Å². The molecule has 0 aromatic carbocycles. The van der Waals surface area contributed by atoms with E-state index in [1.165, 1.54) is 25.9 Å². The summed E-state index contributed by atoms with van der Waals surface area (Å²) in [4.78, 5) is 2.66. The maximum Gasteiger partial charge on any atom is 0.0623 e. The largest absolute Gasteiger partial charge is 0.379 e. The number of hydrogen-bond donors (Lipinski definition) is 1. The van der Waals surface area contributed by atoms with E-state index in [9.17, 15) is 0 Å². The van der Waals surface area contributed by atoms with Crippen molar-refractivity contribution in [2.45, 2.75) is 45.7 Å². The smallest absolute Gasteiger partial charge is 0.0623 e. The van der Waals surface area contributed by atoms with Crippen LogP contribution in [0.3, 0.4) is 0 Å². The molecule has 2 aliphatic heterocycles. The Hall–Kier alpha value is -0.120. The number of nitrogens with zero attached hydrogens (tertiary/aromatic N) is 1. The van der Waals surface area contributed by atoms with Gasteiger partial charge in [0.05, 0.1) is 13.2 Å². The summed E-state index contributed by atoms with van der Waals surface area (Å²) in [5, 5.41) is 3.63. The quantitative estimate of drug-likeness (QED) is 0.792. The zero-order valence-corrected chi connectivity index (χ0v) is 11.6. The minimum Gasteiger partial charge on any atom is -0.379 e. The van der Waals surface area contributed by atoms with E-state index in [2.05, 4.69) is 31.0 Å². The van der Waals surface area contributed by atoms with Crippen molar-refractivity contribution in [2.75, 3.05) is 32.8 Å². The Morgan fingerprint density at radius 2 is 2.12 bits per heavy atom. The average Bonchev–Trinajstić information content (AvgIpc) is 2.84. The molecule has 17 heavy (non-hydrogen) atoms. The predicted octanol–water partition coefficient (Wildman–Crippen LogP) is 1.73. The molecule has 0 radical (unpaired) electrons. The Kier molecular flexibility index (Phi) is 4.83. The zero-order valence-electron chi connectivity index (χ0n) is 11.6. The molecule has 0 amide bonds. The minimum atomic E-state index is 0.582. The zero-order chi connectivity index (χ0) is 12.3. The lowest BCUT2D eigenvalue weighted by Crippen LogP contribution is -2.43. The fourth-order valence-electron chi connectivity index (χ4n) is 3.28. The van der Waals surface area contributed by atoms with Crippen LogP contribution in [0, 0.1) is 11.8 Å². The monoisotopic (exact) mass is 240 g/mol. The van der Waals surface area contributed by atoms with Gasteiger partial charge in [0.15, 0.2) is 0 Å². The SMILES string of the molecule is CCCNC1COCC1CN1CC(C)CC1C. The molecule has 0 bridgehead atoms. The molecule has 3 heteroatoms. The molecule has 1 N–H and O–H groups in total. The third kappa shape index (κ3) is 3.43. The molecule has 3 nitrogen and oxygen atoms in total. The van der Waals surface area contributed by atoms with Gasteiger partial charge in [-0.2, -0.15) is 0 Å². The lowest BCUT2D eigenvalue weighted by Gasteiger charge is -2.27. The molecule has 4 atom stereocenters. The molecule has 4 unspecified atom stereocenters. The van der Waals surface area contributed by atoms with E-state index >= 15 is 0 Å². The molecule has 2 heterocycles. The first-order chi connectivity index (χ1) is 8.20. The van der Waals surface area contributed by atoms with Crippen molar-refractivity contribution in [2.24, 2.45) is 11.8 Å². The Morgan fingerprint density at radius 1 is 1.29 bits per heavy atom. The van der Waals surface area contributed by atoms with Crippen molar-refractivity contribution in [3.63, 3.8) is 0 Å². The average molecular weight is 240 g/mol. The lowest BCUT2D eigenvalue weighted by atomic mass is 10.0. The van der Waals surface area contributed by atoms with Crippen molar-refractivity contribution in [1.82, 2.24) is 10.2 Å². The normalized spacial score (nSPS) is 39.0. The Labute approximate surface area is 106 Å². The molecule has 0 spiro atoms. The summed E-state index contributed by atoms with van der Waals surface area (Å²) in [6, 6.07) is 1.34. The van der Waals surface area contributed by atoms with Gasteiger partial charge in [0.1, 0.15) is 0 Å². The van der Waals surface area contributed by atoms with Gasteiger partial charge in [-0.05, 0) is 32.2 Å². The standard InChI is InChI=1S/C14H28N2O/c1-4-5-15-14-10-17-9-13(14)8-16-7-11(2)6-12(16)3/h11-15H,4-10H2,1-3H3.